The fraction of sp³-hybridized carbons (Fsp3) is 0.600. The Morgan fingerprint density at radius 2 is 2.16 bits per heavy atom. The van der Waals surface area contributed by atoms with Crippen molar-refractivity contribution in [3.8, 4) is 0 Å². The highest BCUT2D eigenvalue weighted by Gasteiger charge is 2.23. The summed E-state index contributed by atoms with van der Waals surface area (Å²) in [7, 11) is 4.34. The zero-order valence-electron chi connectivity index (χ0n) is 12.1. The van der Waals surface area contributed by atoms with Gasteiger partial charge in [-0.15, -0.1) is 0 Å². The normalized spacial score (nSPS) is 21.8. The predicted molar refractivity (Wildman–Crippen MR) is 85.7 cm³/mol. The summed E-state index contributed by atoms with van der Waals surface area (Å²) in [5.74, 6) is 0. The van der Waals surface area contributed by atoms with Gasteiger partial charge in [-0.25, -0.2) is 0 Å². The summed E-state index contributed by atoms with van der Waals surface area (Å²) in [5, 5.41) is 0. The molecule has 2 rings (SSSR count). The van der Waals surface area contributed by atoms with E-state index in [1.54, 1.807) is 0 Å². The van der Waals surface area contributed by atoms with Gasteiger partial charge in [0.05, 0.1) is 0 Å². The lowest BCUT2D eigenvalue weighted by Crippen LogP contribution is -2.45. The van der Waals surface area contributed by atoms with Crippen LogP contribution in [0.4, 0.5) is 5.69 Å². The Kier molecular flexibility index (Phi) is 4.87. The Morgan fingerprint density at radius 1 is 1.42 bits per heavy atom. The molecule has 4 heteroatoms. The van der Waals surface area contributed by atoms with E-state index in [1.807, 2.05) is 0 Å². The number of halogens is 1. The van der Waals surface area contributed by atoms with Crippen molar-refractivity contribution in [3.63, 3.8) is 0 Å². The summed E-state index contributed by atoms with van der Waals surface area (Å²) in [6.45, 7) is 4.28. The number of hydrogen-bond acceptors (Lipinski definition) is 3. The van der Waals surface area contributed by atoms with E-state index >= 15 is 0 Å². The van der Waals surface area contributed by atoms with Crippen molar-refractivity contribution >= 4 is 21.6 Å². The summed E-state index contributed by atoms with van der Waals surface area (Å²) in [6, 6.07) is 7.16. The van der Waals surface area contributed by atoms with E-state index in [4.69, 9.17) is 5.73 Å². The van der Waals surface area contributed by atoms with Crippen LogP contribution in [0.2, 0.25) is 0 Å². The van der Waals surface area contributed by atoms with Crippen molar-refractivity contribution in [2.24, 2.45) is 5.73 Å². The van der Waals surface area contributed by atoms with Crippen LogP contribution in [-0.2, 0) is 0 Å². The van der Waals surface area contributed by atoms with Gasteiger partial charge in [0, 0.05) is 35.3 Å². The standard InChI is InChI=1S/C15H24BrN3/c1-11(17)14-9-12(16)6-7-15(14)19-8-4-5-13(10-19)18(2)3/h6-7,9,11,13H,4-5,8,10,17H2,1-3H3. The number of hydrogen-bond donors (Lipinski definition) is 1. The third-order valence-corrected chi connectivity index (χ3v) is 4.44. The van der Waals surface area contributed by atoms with Crippen LogP contribution in [0.3, 0.4) is 0 Å². The summed E-state index contributed by atoms with van der Waals surface area (Å²) < 4.78 is 1.10. The maximum absolute atomic E-state index is 6.13. The summed E-state index contributed by atoms with van der Waals surface area (Å²) >= 11 is 3.54. The molecule has 19 heavy (non-hydrogen) atoms. The highest BCUT2D eigenvalue weighted by Crippen LogP contribution is 2.31. The highest BCUT2D eigenvalue weighted by atomic mass is 79.9. The lowest BCUT2D eigenvalue weighted by Gasteiger charge is -2.38. The first-order valence-electron chi connectivity index (χ1n) is 6.95. The first kappa shape index (κ1) is 14.8. The molecule has 0 amide bonds. The molecule has 1 aliphatic rings. The van der Waals surface area contributed by atoms with Gasteiger partial charge >= 0.3 is 0 Å². The second kappa shape index (κ2) is 6.25. The Bertz CT molecular complexity index is 431. The number of piperidine rings is 1. The summed E-state index contributed by atoms with van der Waals surface area (Å²) in [6.07, 6.45) is 2.53. The van der Waals surface area contributed by atoms with E-state index in [2.05, 4.69) is 64.9 Å². The topological polar surface area (TPSA) is 32.5 Å². The Labute approximate surface area is 124 Å². The Morgan fingerprint density at radius 3 is 2.79 bits per heavy atom. The molecule has 2 N–H and O–H groups in total. The smallest absolute Gasteiger partial charge is 0.0415 e. The third-order valence-electron chi connectivity index (χ3n) is 3.95. The molecule has 1 fully saturated rings. The van der Waals surface area contributed by atoms with E-state index in [-0.39, 0.29) is 6.04 Å². The molecule has 2 atom stereocenters. The minimum Gasteiger partial charge on any atom is -0.370 e. The number of anilines is 1. The molecule has 0 bridgehead atoms. The molecule has 0 spiro atoms. The number of likely N-dealkylation sites (N-methyl/N-ethyl adjacent to an activating group) is 1. The Hall–Kier alpha value is -0.580. The van der Waals surface area contributed by atoms with Crippen molar-refractivity contribution in [2.75, 3.05) is 32.1 Å². The maximum Gasteiger partial charge on any atom is 0.0415 e. The van der Waals surface area contributed by atoms with Crippen LogP contribution in [-0.4, -0.2) is 38.1 Å². The van der Waals surface area contributed by atoms with E-state index in [0.29, 0.717) is 6.04 Å². The van der Waals surface area contributed by atoms with Crippen LogP contribution in [0.15, 0.2) is 22.7 Å². The SMILES string of the molecule is CC(N)c1cc(Br)ccc1N1CCCC(N(C)C)C1. The highest BCUT2D eigenvalue weighted by molar-refractivity contribution is 9.10. The van der Waals surface area contributed by atoms with Gasteiger partial charge in [-0.05, 0) is 57.6 Å². The van der Waals surface area contributed by atoms with E-state index in [1.165, 1.54) is 24.1 Å². The van der Waals surface area contributed by atoms with E-state index in [9.17, 15) is 0 Å². The zero-order chi connectivity index (χ0) is 14.0. The molecule has 1 aromatic rings. The monoisotopic (exact) mass is 325 g/mol. The van der Waals surface area contributed by atoms with Gasteiger partial charge in [0.15, 0.2) is 0 Å². The maximum atomic E-state index is 6.13. The number of benzene rings is 1. The van der Waals surface area contributed by atoms with Crippen molar-refractivity contribution in [1.29, 1.82) is 0 Å². The third kappa shape index (κ3) is 3.50. The molecule has 1 aromatic carbocycles. The second-order valence-corrected chi connectivity index (χ2v) is 6.61. The fourth-order valence-corrected chi connectivity index (χ4v) is 3.15. The molecule has 0 aromatic heterocycles. The molecule has 2 unspecified atom stereocenters. The molecular weight excluding hydrogens is 302 g/mol. The van der Waals surface area contributed by atoms with Gasteiger partial charge in [0.2, 0.25) is 0 Å². The molecule has 106 valence electrons. The van der Waals surface area contributed by atoms with Crippen molar-refractivity contribution in [3.05, 3.63) is 28.2 Å². The van der Waals surface area contributed by atoms with Gasteiger partial charge in [-0.2, -0.15) is 0 Å². The second-order valence-electron chi connectivity index (χ2n) is 5.70. The number of nitrogens with zero attached hydrogens (tertiary/aromatic N) is 2. The molecule has 1 saturated heterocycles. The predicted octanol–water partition coefficient (Wildman–Crippen LogP) is 3.00. The van der Waals surface area contributed by atoms with Gasteiger partial charge in [0.25, 0.3) is 0 Å². The van der Waals surface area contributed by atoms with Gasteiger partial charge in [0.1, 0.15) is 0 Å². The molecule has 1 aliphatic heterocycles. The lowest BCUT2D eigenvalue weighted by molar-refractivity contribution is 0.258. The average Bonchev–Trinajstić information content (AvgIpc) is 2.38. The molecule has 0 radical (unpaired) electrons. The Balaban J connectivity index is 2.25. The van der Waals surface area contributed by atoms with Gasteiger partial charge < -0.3 is 15.5 Å². The summed E-state index contributed by atoms with van der Waals surface area (Å²) in [4.78, 5) is 4.82. The summed E-state index contributed by atoms with van der Waals surface area (Å²) in [5.41, 5.74) is 8.65. The minimum atomic E-state index is 0.0623. The van der Waals surface area contributed by atoms with Crippen LogP contribution in [0.5, 0.6) is 0 Å². The minimum absolute atomic E-state index is 0.0623. The molecule has 0 saturated carbocycles. The van der Waals surface area contributed by atoms with E-state index < -0.39 is 0 Å². The van der Waals surface area contributed by atoms with E-state index in [0.717, 1.165) is 17.6 Å². The van der Waals surface area contributed by atoms with Crippen LogP contribution >= 0.6 is 15.9 Å². The molecule has 3 nitrogen and oxygen atoms in total. The molecular formula is C15H24BrN3. The van der Waals surface area contributed by atoms with Crippen LogP contribution < -0.4 is 10.6 Å². The van der Waals surface area contributed by atoms with Crippen molar-refractivity contribution < 1.29 is 0 Å². The molecule has 0 aliphatic carbocycles. The van der Waals surface area contributed by atoms with Crippen molar-refractivity contribution in [2.45, 2.75) is 31.8 Å². The van der Waals surface area contributed by atoms with Gasteiger partial charge in [-0.1, -0.05) is 15.9 Å². The van der Waals surface area contributed by atoms with Gasteiger partial charge in [-0.3, -0.25) is 0 Å². The largest absolute Gasteiger partial charge is 0.370 e. The molecule has 1 heterocycles. The van der Waals surface area contributed by atoms with Crippen molar-refractivity contribution in [1.82, 2.24) is 4.90 Å². The fourth-order valence-electron chi connectivity index (χ4n) is 2.77. The first-order chi connectivity index (χ1) is 8.99. The number of rotatable bonds is 3. The van der Waals surface area contributed by atoms with Crippen LogP contribution in [0.25, 0.3) is 0 Å². The van der Waals surface area contributed by atoms with Crippen LogP contribution in [0.1, 0.15) is 31.4 Å². The lowest BCUT2D eigenvalue weighted by atomic mass is 10.0. The zero-order valence-corrected chi connectivity index (χ0v) is 13.7. The quantitative estimate of drug-likeness (QED) is 0.927. The number of nitrogens with two attached hydrogens (primary N) is 1. The van der Waals surface area contributed by atoms with Crippen LogP contribution in [0, 0.1) is 0 Å². The average molecular weight is 326 g/mol. The first-order valence-corrected chi connectivity index (χ1v) is 7.74.